The number of ether oxygens (including phenoxy) is 1. The summed E-state index contributed by atoms with van der Waals surface area (Å²) < 4.78 is 4.67. The van der Waals surface area contributed by atoms with Crippen molar-refractivity contribution >= 4 is 17.7 Å². The number of rotatable bonds is 4. The van der Waals surface area contributed by atoms with E-state index in [-0.39, 0.29) is 12.0 Å². The van der Waals surface area contributed by atoms with Crippen molar-refractivity contribution in [1.82, 2.24) is 4.90 Å². The first-order valence-corrected chi connectivity index (χ1v) is 6.84. The van der Waals surface area contributed by atoms with Gasteiger partial charge in [-0.15, -0.1) is 0 Å². The molecule has 0 radical (unpaired) electrons. The van der Waals surface area contributed by atoms with Crippen molar-refractivity contribution < 1.29 is 14.3 Å². The lowest BCUT2D eigenvalue weighted by atomic mass is 9.99. The van der Waals surface area contributed by atoms with Crippen molar-refractivity contribution in [2.45, 2.75) is 13.3 Å². The molecule has 1 aliphatic heterocycles. The van der Waals surface area contributed by atoms with Crippen LogP contribution in [-0.4, -0.2) is 43.6 Å². The molecule has 5 heteroatoms. The topological polar surface area (TPSA) is 49.9 Å². The van der Waals surface area contributed by atoms with E-state index >= 15 is 0 Å². The number of hydrogen-bond acceptors (Lipinski definition) is 3. The van der Waals surface area contributed by atoms with Crippen molar-refractivity contribution in [3.05, 3.63) is 30.3 Å². The summed E-state index contributed by atoms with van der Waals surface area (Å²) in [7, 11) is 1.38. The smallest absolute Gasteiger partial charge is 0.409 e. The zero-order valence-electron chi connectivity index (χ0n) is 11.9. The number of nitrogens with zero attached hydrogens (tertiary/aromatic N) is 2. The average molecular weight is 276 g/mol. The van der Waals surface area contributed by atoms with Gasteiger partial charge in [0, 0.05) is 37.7 Å². The van der Waals surface area contributed by atoms with Gasteiger partial charge in [0.1, 0.15) is 0 Å². The molecule has 2 amide bonds. The second-order valence-corrected chi connectivity index (χ2v) is 4.93. The average Bonchev–Trinajstić information content (AvgIpc) is 2.45. The summed E-state index contributed by atoms with van der Waals surface area (Å²) in [6, 6.07) is 9.65. The monoisotopic (exact) mass is 276 g/mol. The molecule has 108 valence electrons. The predicted molar refractivity (Wildman–Crippen MR) is 76.6 cm³/mol. The van der Waals surface area contributed by atoms with Crippen LogP contribution < -0.4 is 4.90 Å². The standard InChI is InChI=1S/C15H20N2O3/c1-3-14(18)17(13-7-5-4-6-8-13)11-12-9-16(10-12)15(19)20-2/h4-8,12H,3,9-11H2,1-2H3. The number of carbonyl (C=O) groups is 2. The summed E-state index contributed by atoms with van der Waals surface area (Å²) in [5, 5.41) is 0. The Labute approximate surface area is 119 Å². The Morgan fingerprint density at radius 1 is 1.30 bits per heavy atom. The minimum Gasteiger partial charge on any atom is -0.453 e. The summed E-state index contributed by atoms with van der Waals surface area (Å²) in [5.41, 5.74) is 0.913. The molecule has 1 aliphatic rings. The minimum atomic E-state index is -0.297. The van der Waals surface area contributed by atoms with Crippen molar-refractivity contribution in [2.75, 3.05) is 31.6 Å². The number of likely N-dealkylation sites (tertiary alicyclic amines) is 1. The molecule has 0 saturated carbocycles. The van der Waals surface area contributed by atoms with Crippen LogP contribution in [0.1, 0.15) is 13.3 Å². The molecular formula is C15H20N2O3. The maximum absolute atomic E-state index is 12.1. The van der Waals surface area contributed by atoms with E-state index in [4.69, 9.17) is 0 Å². The maximum Gasteiger partial charge on any atom is 0.409 e. The second-order valence-electron chi connectivity index (χ2n) is 4.93. The number of amides is 2. The second kappa shape index (κ2) is 6.41. The quantitative estimate of drug-likeness (QED) is 0.846. The van der Waals surface area contributed by atoms with Gasteiger partial charge in [-0.1, -0.05) is 25.1 Å². The number of benzene rings is 1. The highest BCUT2D eigenvalue weighted by Crippen LogP contribution is 2.22. The first kappa shape index (κ1) is 14.4. The van der Waals surface area contributed by atoms with Gasteiger partial charge in [0.25, 0.3) is 0 Å². The summed E-state index contributed by atoms with van der Waals surface area (Å²) in [5.74, 6) is 0.414. The van der Waals surface area contributed by atoms with Gasteiger partial charge >= 0.3 is 6.09 Å². The molecule has 0 aliphatic carbocycles. The summed E-state index contributed by atoms with van der Waals surface area (Å²) in [6.07, 6.45) is 0.178. The van der Waals surface area contributed by atoms with Crippen molar-refractivity contribution in [2.24, 2.45) is 5.92 Å². The third-order valence-corrected chi connectivity index (χ3v) is 3.50. The Kier molecular flexibility index (Phi) is 4.61. The third kappa shape index (κ3) is 3.10. The Hall–Kier alpha value is -2.04. The number of methoxy groups -OCH3 is 1. The highest BCUT2D eigenvalue weighted by molar-refractivity contribution is 5.93. The van der Waals surface area contributed by atoms with Crippen molar-refractivity contribution in [1.29, 1.82) is 0 Å². The van der Waals surface area contributed by atoms with Crippen LogP contribution in [0.2, 0.25) is 0 Å². The van der Waals surface area contributed by atoms with Gasteiger partial charge < -0.3 is 14.5 Å². The first-order chi connectivity index (χ1) is 9.65. The van der Waals surface area contributed by atoms with Gasteiger partial charge in [0.15, 0.2) is 0 Å². The fourth-order valence-electron chi connectivity index (χ4n) is 2.37. The molecule has 1 saturated heterocycles. The molecule has 5 nitrogen and oxygen atoms in total. The Balaban J connectivity index is 1.97. The van der Waals surface area contributed by atoms with Crippen molar-refractivity contribution in [3.63, 3.8) is 0 Å². The molecule has 20 heavy (non-hydrogen) atoms. The van der Waals surface area contributed by atoms with Crippen LogP contribution in [0.15, 0.2) is 30.3 Å². The highest BCUT2D eigenvalue weighted by atomic mass is 16.5. The van der Waals surface area contributed by atoms with Gasteiger partial charge in [0.05, 0.1) is 7.11 Å². The van der Waals surface area contributed by atoms with E-state index < -0.39 is 0 Å². The summed E-state index contributed by atoms with van der Waals surface area (Å²) in [6.45, 7) is 3.80. The lowest BCUT2D eigenvalue weighted by Gasteiger charge is -2.40. The SMILES string of the molecule is CCC(=O)N(CC1CN(C(=O)OC)C1)c1ccccc1. The van der Waals surface area contributed by atoms with E-state index in [1.807, 2.05) is 37.3 Å². The van der Waals surface area contributed by atoms with Gasteiger partial charge in [-0.2, -0.15) is 0 Å². The van der Waals surface area contributed by atoms with Gasteiger partial charge in [-0.05, 0) is 12.1 Å². The molecule has 1 aromatic carbocycles. The largest absolute Gasteiger partial charge is 0.453 e. The third-order valence-electron chi connectivity index (χ3n) is 3.50. The van der Waals surface area contributed by atoms with Gasteiger partial charge in [0.2, 0.25) is 5.91 Å². The molecule has 0 unspecified atom stereocenters. The van der Waals surface area contributed by atoms with E-state index in [1.54, 1.807) is 9.80 Å². The normalized spacial score (nSPS) is 14.6. The fourth-order valence-corrected chi connectivity index (χ4v) is 2.37. The minimum absolute atomic E-state index is 0.104. The van der Waals surface area contributed by atoms with E-state index in [0.717, 1.165) is 5.69 Å². The lowest BCUT2D eigenvalue weighted by molar-refractivity contribution is -0.118. The zero-order valence-corrected chi connectivity index (χ0v) is 11.9. The highest BCUT2D eigenvalue weighted by Gasteiger charge is 2.33. The van der Waals surface area contributed by atoms with E-state index in [2.05, 4.69) is 4.74 Å². The van der Waals surface area contributed by atoms with Gasteiger partial charge in [-0.25, -0.2) is 4.79 Å². The summed E-state index contributed by atoms with van der Waals surface area (Å²) >= 11 is 0. The molecule has 1 fully saturated rings. The number of hydrogen-bond donors (Lipinski definition) is 0. The van der Waals surface area contributed by atoms with Crippen LogP contribution in [-0.2, 0) is 9.53 Å². The number of anilines is 1. The molecular weight excluding hydrogens is 256 g/mol. The molecule has 0 bridgehead atoms. The van der Waals surface area contributed by atoms with Crippen molar-refractivity contribution in [3.8, 4) is 0 Å². The molecule has 0 N–H and O–H groups in total. The van der Waals surface area contributed by atoms with E-state index in [9.17, 15) is 9.59 Å². The molecule has 1 heterocycles. The Bertz CT molecular complexity index is 469. The Morgan fingerprint density at radius 2 is 1.95 bits per heavy atom. The van der Waals surface area contributed by atoms with Crippen LogP contribution in [0.5, 0.6) is 0 Å². The zero-order chi connectivity index (χ0) is 14.5. The molecule has 1 aromatic rings. The lowest BCUT2D eigenvalue weighted by Crippen LogP contribution is -2.54. The fraction of sp³-hybridized carbons (Fsp3) is 0.467. The van der Waals surface area contributed by atoms with E-state index in [0.29, 0.717) is 32.0 Å². The van der Waals surface area contributed by atoms with Crippen LogP contribution >= 0.6 is 0 Å². The Morgan fingerprint density at radius 3 is 2.50 bits per heavy atom. The first-order valence-electron chi connectivity index (χ1n) is 6.84. The number of para-hydroxylation sites is 1. The van der Waals surface area contributed by atoms with Crippen LogP contribution in [0, 0.1) is 5.92 Å². The van der Waals surface area contributed by atoms with Crippen LogP contribution in [0.3, 0.4) is 0 Å². The van der Waals surface area contributed by atoms with Gasteiger partial charge in [-0.3, -0.25) is 4.79 Å². The molecule has 0 aromatic heterocycles. The maximum atomic E-state index is 12.1. The number of carbonyl (C=O) groups excluding carboxylic acids is 2. The molecule has 0 spiro atoms. The van der Waals surface area contributed by atoms with E-state index in [1.165, 1.54) is 7.11 Å². The predicted octanol–water partition coefficient (Wildman–Crippen LogP) is 2.13. The van der Waals surface area contributed by atoms with Crippen LogP contribution in [0.4, 0.5) is 10.5 Å². The summed E-state index contributed by atoms with van der Waals surface area (Å²) in [4.78, 5) is 26.8. The molecule has 2 rings (SSSR count). The molecule has 0 atom stereocenters. The van der Waals surface area contributed by atoms with Crippen LogP contribution in [0.25, 0.3) is 0 Å².